The summed E-state index contributed by atoms with van der Waals surface area (Å²) in [6.45, 7) is 8.90. The number of aryl methyl sites for hydroxylation is 1. The van der Waals surface area contributed by atoms with Gasteiger partial charge in [-0.15, -0.1) is 0 Å². The number of allylic oxidation sites excluding steroid dienone is 2. The van der Waals surface area contributed by atoms with Gasteiger partial charge in [0.15, 0.2) is 0 Å². The van der Waals surface area contributed by atoms with Crippen molar-refractivity contribution >= 4 is 12.1 Å². The summed E-state index contributed by atoms with van der Waals surface area (Å²) in [4.78, 5) is 25.4. The number of halogens is 2. The van der Waals surface area contributed by atoms with E-state index in [-0.39, 0.29) is 24.8 Å². The number of nitrogens with two attached hydrogens (primary N) is 1. The first-order chi connectivity index (χ1) is 21.0. The number of nitrogens with one attached hydrogen (secondary N) is 1. The van der Waals surface area contributed by atoms with Gasteiger partial charge in [0.05, 0.1) is 19.4 Å². The number of hydrogen-bond acceptors (Lipinski definition) is 6. The van der Waals surface area contributed by atoms with Crippen molar-refractivity contribution in [3.8, 4) is 11.5 Å². The summed E-state index contributed by atoms with van der Waals surface area (Å²) in [5, 5.41) is 2.43. The van der Waals surface area contributed by atoms with Crippen LogP contribution in [0.3, 0.4) is 0 Å². The number of hydrogen-bond donors (Lipinski definition) is 2. The number of fused-ring (bicyclic) bond motifs is 3. The van der Waals surface area contributed by atoms with Crippen molar-refractivity contribution in [1.82, 2.24) is 5.32 Å². The molecular formula is C35H50F2N2O5. The molecule has 0 unspecified atom stereocenters. The van der Waals surface area contributed by atoms with Crippen LogP contribution in [0.4, 0.5) is 13.6 Å². The van der Waals surface area contributed by atoms with Crippen molar-refractivity contribution in [2.24, 2.45) is 17.1 Å². The molecule has 0 radical (unpaired) electrons. The zero-order valence-corrected chi connectivity index (χ0v) is 26.5. The Balaban J connectivity index is 1.44. The lowest BCUT2D eigenvalue weighted by Crippen LogP contribution is -2.38. The van der Waals surface area contributed by atoms with Crippen LogP contribution in [-0.4, -0.2) is 37.9 Å². The second kappa shape index (κ2) is 15.4. The molecule has 0 saturated heterocycles. The lowest BCUT2D eigenvalue weighted by Gasteiger charge is -2.35. The number of carbonyl (C=O) groups excluding carboxylic acids is 2. The van der Waals surface area contributed by atoms with Gasteiger partial charge < -0.3 is 25.3 Å². The SMILES string of the molecule is C=C1CCOc2cc(CCCCC)cc(OC(=O)NCCC(F)(F)OC(=O)CC3(CN)CCCCC3)c2[C@@H]2C=C(C)CC[C@@H]12. The number of alkyl halides is 2. The van der Waals surface area contributed by atoms with E-state index in [2.05, 4.69) is 42.6 Å². The van der Waals surface area contributed by atoms with Gasteiger partial charge in [-0.05, 0) is 81.0 Å². The molecule has 0 spiro atoms. The standard InChI is InChI=1S/C35H50F2N2O5/c1-4-5-7-10-26-20-29-32(28-19-24(2)11-12-27(28)25(3)13-18-42-29)30(21-26)43-33(41)39-17-16-35(36,37)44-31(40)22-34(23-38)14-8-6-9-15-34/h19-21,27-28H,3-18,22-23,38H2,1-2H3,(H,39,41)/t27-,28+/m0/s1. The maximum absolute atomic E-state index is 14.6. The average molecular weight is 617 g/mol. The van der Waals surface area contributed by atoms with Crippen LogP contribution in [0.1, 0.15) is 114 Å². The van der Waals surface area contributed by atoms with Crippen molar-refractivity contribution in [3.05, 3.63) is 47.1 Å². The van der Waals surface area contributed by atoms with Crippen molar-refractivity contribution < 1.29 is 32.6 Å². The van der Waals surface area contributed by atoms with E-state index in [9.17, 15) is 18.4 Å². The molecule has 1 aromatic carbocycles. The van der Waals surface area contributed by atoms with Crippen molar-refractivity contribution in [2.45, 2.75) is 116 Å². The van der Waals surface area contributed by atoms with Crippen molar-refractivity contribution in [1.29, 1.82) is 0 Å². The maximum Gasteiger partial charge on any atom is 0.412 e. The molecule has 244 valence electrons. The Hall–Kier alpha value is -2.94. The minimum Gasteiger partial charge on any atom is -0.493 e. The van der Waals surface area contributed by atoms with E-state index in [1.807, 2.05) is 6.07 Å². The number of amides is 1. The lowest BCUT2D eigenvalue weighted by atomic mass is 9.72. The summed E-state index contributed by atoms with van der Waals surface area (Å²) in [5.74, 6) is 0.235. The predicted molar refractivity (Wildman–Crippen MR) is 167 cm³/mol. The molecule has 3 N–H and O–H groups in total. The van der Waals surface area contributed by atoms with Crippen LogP contribution in [0.2, 0.25) is 0 Å². The molecule has 2 atom stereocenters. The van der Waals surface area contributed by atoms with Crippen LogP contribution in [0.5, 0.6) is 11.5 Å². The second-order valence-electron chi connectivity index (χ2n) is 13.0. The van der Waals surface area contributed by atoms with Gasteiger partial charge in [-0.25, -0.2) is 4.79 Å². The Bertz CT molecular complexity index is 1210. The fourth-order valence-corrected chi connectivity index (χ4v) is 6.96. The van der Waals surface area contributed by atoms with Gasteiger partial charge in [0, 0.05) is 24.4 Å². The largest absolute Gasteiger partial charge is 0.493 e. The Labute approximate surface area is 261 Å². The molecule has 2 aliphatic carbocycles. The molecule has 4 rings (SSSR count). The molecule has 1 aromatic rings. The highest BCUT2D eigenvalue weighted by molar-refractivity contribution is 5.72. The van der Waals surface area contributed by atoms with E-state index in [1.165, 1.54) is 5.57 Å². The molecule has 1 aliphatic heterocycles. The molecule has 9 heteroatoms. The third-order valence-electron chi connectivity index (χ3n) is 9.54. The normalized spacial score (nSPS) is 21.5. The summed E-state index contributed by atoms with van der Waals surface area (Å²) in [7, 11) is 0. The first-order valence-electron chi connectivity index (χ1n) is 16.4. The molecule has 44 heavy (non-hydrogen) atoms. The molecule has 1 fully saturated rings. The molecule has 3 aliphatic rings. The highest BCUT2D eigenvalue weighted by Crippen LogP contribution is 2.49. The van der Waals surface area contributed by atoms with Crippen LogP contribution in [-0.2, 0) is 16.0 Å². The second-order valence-corrected chi connectivity index (χ2v) is 13.0. The predicted octanol–water partition coefficient (Wildman–Crippen LogP) is 8.11. The van der Waals surface area contributed by atoms with Gasteiger partial charge >= 0.3 is 18.2 Å². The molecule has 1 amide bonds. The quantitative estimate of drug-likeness (QED) is 0.140. The summed E-state index contributed by atoms with van der Waals surface area (Å²) >= 11 is 0. The number of esters is 1. The maximum atomic E-state index is 14.6. The smallest absolute Gasteiger partial charge is 0.412 e. The molecule has 0 aromatic heterocycles. The van der Waals surface area contributed by atoms with Gasteiger partial charge in [-0.3, -0.25) is 4.79 Å². The lowest BCUT2D eigenvalue weighted by molar-refractivity contribution is -0.236. The minimum atomic E-state index is -3.73. The van der Waals surface area contributed by atoms with Crippen LogP contribution in [0.25, 0.3) is 0 Å². The van der Waals surface area contributed by atoms with Crippen LogP contribution >= 0.6 is 0 Å². The van der Waals surface area contributed by atoms with Crippen molar-refractivity contribution in [3.63, 3.8) is 0 Å². The Morgan fingerprint density at radius 2 is 1.95 bits per heavy atom. The van der Waals surface area contributed by atoms with Gasteiger partial charge in [0.1, 0.15) is 11.5 Å². The van der Waals surface area contributed by atoms with E-state index >= 15 is 0 Å². The number of unbranched alkanes of at least 4 members (excludes halogenated alkanes) is 2. The third kappa shape index (κ3) is 9.05. The van der Waals surface area contributed by atoms with Gasteiger partial charge in [-0.2, -0.15) is 8.78 Å². The fraction of sp³-hybridized carbons (Fsp3) is 0.657. The number of rotatable bonds is 12. The van der Waals surface area contributed by atoms with E-state index in [0.717, 1.165) is 93.7 Å². The Morgan fingerprint density at radius 3 is 2.68 bits per heavy atom. The van der Waals surface area contributed by atoms with Crippen LogP contribution in [0, 0.1) is 11.3 Å². The zero-order chi connectivity index (χ0) is 31.7. The third-order valence-corrected chi connectivity index (χ3v) is 9.54. The van der Waals surface area contributed by atoms with Crippen LogP contribution < -0.4 is 20.5 Å². The monoisotopic (exact) mass is 616 g/mol. The number of ether oxygens (including phenoxy) is 3. The van der Waals surface area contributed by atoms with E-state index in [4.69, 9.17) is 15.2 Å². The minimum absolute atomic E-state index is 0.0660. The number of benzene rings is 1. The van der Waals surface area contributed by atoms with Gasteiger partial charge in [0.2, 0.25) is 0 Å². The first-order valence-corrected chi connectivity index (χ1v) is 16.4. The zero-order valence-electron chi connectivity index (χ0n) is 26.5. The van der Waals surface area contributed by atoms with E-state index in [1.54, 1.807) is 0 Å². The number of carbonyl (C=O) groups is 2. The van der Waals surface area contributed by atoms with Gasteiger partial charge in [-0.1, -0.05) is 62.8 Å². The topological polar surface area (TPSA) is 99.9 Å². The van der Waals surface area contributed by atoms with Gasteiger partial charge in [0.25, 0.3) is 0 Å². The van der Waals surface area contributed by atoms with E-state index in [0.29, 0.717) is 18.1 Å². The van der Waals surface area contributed by atoms with Crippen molar-refractivity contribution in [2.75, 3.05) is 19.7 Å². The Kier molecular flexibility index (Phi) is 11.9. The van der Waals surface area contributed by atoms with E-state index < -0.39 is 36.6 Å². The summed E-state index contributed by atoms with van der Waals surface area (Å²) < 4.78 is 45.8. The highest BCUT2D eigenvalue weighted by atomic mass is 19.3. The summed E-state index contributed by atoms with van der Waals surface area (Å²) in [5.41, 5.74) is 9.59. The fourth-order valence-electron chi connectivity index (χ4n) is 6.96. The average Bonchev–Trinajstić information content (AvgIpc) is 2.96. The summed E-state index contributed by atoms with van der Waals surface area (Å²) in [6.07, 6.45) is 7.67. The molecule has 0 bridgehead atoms. The van der Waals surface area contributed by atoms with Crippen LogP contribution in [0.15, 0.2) is 35.9 Å². The Morgan fingerprint density at radius 1 is 1.18 bits per heavy atom. The molecule has 1 heterocycles. The molecule has 7 nitrogen and oxygen atoms in total. The summed E-state index contributed by atoms with van der Waals surface area (Å²) in [6, 6.07) is 3.93. The highest BCUT2D eigenvalue weighted by Gasteiger charge is 2.39. The molecule has 1 saturated carbocycles. The first kappa shape index (κ1) is 33.9. The molecular weight excluding hydrogens is 566 g/mol.